The normalized spacial score (nSPS) is 15.5. The van der Waals surface area contributed by atoms with Crippen molar-refractivity contribution in [3.05, 3.63) is 70.2 Å². The number of esters is 1. The Morgan fingerprint density at radius 2 is 1.61 bits per heavy atom. The van der Waals surface area contributed by atoms with E-state index in [1.165, 1.54) is 19.2 Å². The van der Waals surface area contributed by atoms with Crippen LogP contribution in [0.15, 0.2) is 48.5 Å². The monoisotopic (exact) mass is 526 g/mol. The SMILES string of the molecule is COC(=O)CCCC(=O)N1CCN(C[C@@H](OCc2ccc(C(F)(F)F)cc2)c2ccc(Cl)cc2)CC1. The Balaban J connectivity index is 1.56. The lowest BCUT2D eigenvalue weighted by atomic mass is 10.1. The fourth-order valence-corrected chi connectivity index (χ4v) is 4.10. The van der Waals surface area contributed by atoms with Gasteiger partial charge >= 0.3 is 12.1 Å². The van der Waals surface area contributed by atoms with E-state index in [4.69, 9.17) is 16.3 Å². The number of amides is 1. The Kier molecular flexibility index (Phi) is 10.2. The van der Waals surface area contributed by atoms with Gasteiger partial charge in [-0.1, -0.05) is 35.9 Å². The molecule has 1 aliphatic rings. The first kappa shape index (κ1) is 28.0. The van der Waals surface area contributed by atoms with Crippen LogP contribution in [-0.4, -0.2) is 61.5 Å². The van der Waals surface area contributed by atoms with Crippen molar-refractivity contribution in [2.24, 2.45) is 0 Å². The number of ether oxygens (including phenoxy) is 2. The lowest BCUT2D eigenvalue weighted by molar-refractivity contribution is -0.141. The number of alkyl halides is 3. The maximum absolute atomic E-state index is 12.8. The summed E-state index contributed by atoms with van der Waals surface area (Å²) in [5, 5.41) is 0.597. The predicted molar refractivity (Wildman–Crippen MR) is 129 cm³/mol. The Morgan fingerprint density at radius 1 is 0.972 bits per heavy atom. The van der Waals surface area contributed by atoms with E-state index in [9.17, 15) is 22.8 Å². The summed E-state index contributed by atoms with van der Waals surface area (Å²) < 4.78 is 49.3. The van der Waals surface area contributed by atoms with E-state index in [0.717, 1.165) is 17.7 Å². The molecule has 2 aromatic carbocycles. The van der Waals surface area contributed by atoms with Gasteiger partial charge < -0.3 is 14.4 Å². The van der Waals surface area contributed by atoms with E-state index >= 15 is 0 Å². The number of halogens is 4. The number of hydrogen-bond acceptors (Lipinski definition) is 5. The minimum Gasteiger partial charge on any atom is -0.469 e. The summed E-state index contributed by atoms with van der Waals surface area (Å²) in [7, 11) is 1.33. The molecule has 2 aromatic rings. The van der Waals surface area contributed by atoms with Crippen LogP contribution in [0, 0.1) is 0 Å². The van der Waals surface area contributed by atoms with Crippen LogP contribution in [0.2, 0.25) is 5.02 Å². The highest BCUT2D eigenvalue weighted by Gasteiger charge is 2.30. The quantitative estimate of drug-likeness (QED) is 0.403. The molecule has 36 heavy (non-hydrogen) atoms. The van der Waals surface area contributed by atoms with Crippen LogP contribution in [0.5, 0.6) is 0 Å². The van der Waals surface area contributed by atoms with Crippen molar-refractivity contribution in [1.29, 1.82) is 0 Å². The minimum absolute atomic E-state index is 0.0198. The highest BCUT2D eigenvalue weighted by atomic mass is 35.5. The van der Waals surface area contributed by atoms with Crippen molar-refractivity contribution in [3.8, 4) is 0 Å². The number of piperazine rings is 1. The number of hydrogen-bond donors (Lipinski definition) is 0. The van der Waals surface area contributed by atoms with Crippen LogP contribution < -0.4 is 0 Å². The highest BCUT2D eigenvalue weighted by Crippen LogP contribution is 2.30. The van der Waals surface area contributed by atoms with E-state index in [1.807, 2.05) is 12.1 Å². The zero-order valence-electron chi connectivity index (χ0n) is 20.1. The van der Waals surface area contributed by atoms with Gasteiger partial charge in [0.25, 0.3) is 0 Å². The molecule has 0 aromatic heterocycles. The van der Waals surface area contributed by atoms with Gasteiger partial charge in [0.2, 0.25) is 5.91 Å². The van der Waals surface area contributed by atoms with Crippen LogP contribution in [0.4, 0.5) is 13.2 Å². The van der Waals surface area contributed by atoms with Crippen molar-refractivity contribution in [3.63, 3.8) is 0 Å². The smallest absolute Gasteiger partial charge is 0.416 e. The number of rotatable bonds is 10. The molecule has 3 rings (SSSR count). The number of nitrogens with zero attached hydrogens (tertiary/aromatic N) is 2. The van der Waals surface area contributed by atoms with Gasteiger partial charge in [-0.2, -0.15) is 13.2 Å². The summed E-state index contributed by atoms with van der Waals surface area (Å²) in [6.07, 6.45) is -3.72. The molecule has 0 aliphatic carbocycles. The van der Waals surface area contributed by atoms with Gasteiger partial charge in [-0.05, 0) is 41.8 Å². The molecule has 0 saturated carbocycles. The number of methoxy groups -OCH3 is 1. The molecule has 0 spiro atoms. The Bertz CT molecular complexity index is 992. The summed E-state index contributed by atoms with van der Waals surface area (Å²) in [6.45, 7) is 3.19. The molecule has 6 nitrogen and oxygen atoms in total. The summed E-state index contributed by atoms with van der Waals surface area (Å²) >= 11 is 6.03. The van der Waals surface area contributed by atoms with Crippen LogP contribution >= 0.6 is 11.6 Å². The van der Waals surface area contributed by atoms with E-state index in [-0.39, 0.29) is 31.0 Å². The van der Waals surface area contributed by atoms with Crippen molar-refractivity contribution in [2.45, 2.75) is 38.1 Å². The van der Waals surface area contributed by atoms with Crippen molar-refractivity contribution < 1.29 is 32.2 Å². The van der Waals surface area contributed by atoms with Crippen molar-refractivity contribution in [1.82, 2.24) is 9.80 Å². The van der Waals surface area contributed by atoms with E-state index in [2.05, 4.69) is 9.64 Å². The second-order valence-corrected chi connectivity index (χ2v) is 9.09. The first-order valence-electron chi connectivity index (χ1n) is 11.8. The Hall–Kier alpha value is -2.62. The second-order valence-electron chi connectivity index (χ2n) is 8.66. The molecule has 10 heteroatoms. The lowest BCUT2D eigenvalue weighted by Crippen LogP contribution is -2.49. The van der Waals surface area contributed by atoms with Gasteiger partial charge in [-0.25, -0.2) is 0 Å². The molecule has 1 saturated heterocycles. The van der Waals surface area contributed by atoms with Gasteiger partial charge in [0.1, 0.15) is 0 Å². The van der Waals surface area contributed by atoms with Crippen molar-refractivity contribution in [2.75, 3.05) is 39.8 Å². The van der Waals surface area contributed by atoms with Crippen LogP contribution in [0.25, 0.3) is 0 Å². The fraction of sp³-hybridized carbons (Fsp3) is 0.462. The Morgan fingerprint density at radius 3 is 2.19 bits per heavy atom. The predicted octanol–water partition coefficient (Wildman–Crippen LogP) is 5.10. The van der Waals surface area contributed by atoms with Crippen molar-refractivity contribution >= 4 is 23.5 Å². The molecular weight excluding hydrogens is 497 g/mol. The first-order valence-corrected chi connectivity index (χ1v) is 12.1. The van der Waals surface area contributed by atoms with Crippen LogP contribution in [0.1, 0.15) is 42.1 Å². The minimum atomic E-state index is -4.38. The van der Waals surface area contributed by atoms with Crippen LogP contribution in [0.3, 0.4) is 0 Å². The standard InChI is InChI=1S/C26H30ClF3N2O4/c1-35-25(34)4-2-3-24(33)32-15-13-31(14-16-32)17-23(20-7-11-22(27)12-8-20)36-18-19-5-9-21(10-6-19)26(28,29)30/h5-12,23H,2-4,13-18H2,1H3/t23-/m1/s1. The second kappa shape index (κ2) is 13.1. The zero-order chi connectivity index (χ0) is 26.1. The van der Waals surface area contributed by atoms with E-state index < -0.39 is 11.7 Å². The first-order chi connectivity index (χ1) is 17.2. The van der Waals surface area contributed by atoms with E-state index in [0.29, 0.717) is 56.2 Å². The molecule has 1 atom stereocenters. The molecule has 196 valence electrons. The average Bonchev–Trinajstić information content (AvgIpc) is 2.87. The third-order valence-electron chi connectivity index (χ3n) is 6.12. The van der Waals surface area contributed by atoms with Gasteiger partial charge in [-0.3, -0.25) is 14.5 Å². The summed E-state index contributed by atoms with van der Waals surface area (Å²) in [5.41, 5.74) is 0.857. The molecule has 1 heterocycles. The molecule has 1 fully saturated rings. The van der Waals surface area contributed by atoms with E-state index in [1.54, 1.807) is 17.0 Å². The number of benzene rings is 2. The summed E-state index contributed by atoms with van der Waals surface area (Å²) in [5.74, 6) is -0.302. The van der Waals surface area contributed by atoms with Crippen LogP contribution in [-0.2, 0) is 31.8 Å². The van der Waals surface area contributed by atoms with Gasteiger partial charge in [-0.15, -0.1) is 0 Å². The molecule has 0 bridgehead atoms. The van der Waals surface area contributed by atoms with Gasteiger partial charge in [0.05, 0.1) is 25.4 Å². The van der Waals surface area contributed by atoms with Gasteiger partial charge in [0, 0.05) is 50.6 Å². The third kappa shape index (κ3) is 8.50. The fourth-order valence-electron chi connectivity index (χ4n) is 3.98. The molecule has 0 N–H and O–H groups in total. The largest absolute Gasteiger partial charge is 0.469 e. The van der Waals surface area contributed by atoms with Gasteiger partial charge in [0.15, 0.2) is 0 Å². The maximum Gasteiger partial charge on any atom is 0.416 e. The molecule has 1 aliphatic heterocycles. The molecule has 0 radical (unpaired) electrons. The number of carbonyl (C=O) groups excluding carboxylic acids is 2. The lowest BCUT2D eigenvalue weighted by Gasteiger charge is -2.36. The summed E-state index contributed by atoms with van der Waals surface area (Å²) in [4.78, 5) is 27.7. The average molecular weight is 527 g/mol. The summed E-state index contributed by atoms with van der Waals surface area (Å²) in [6, 6.07) is 12.3. The zero-order valence-corrected chi connectivity index (χ0v) is 20.9. The highest BCUT2D eigenvalue weighted by molar-refractivity contribution is 6.30. The maximum atomic E-state index is 12.8. The molecule has 0 unspecified atom stereocenters. The molecular formula is C26H30ClF3N2O4. The number of carbonyl (C=O) groups is 2. The Labute approximate surface area is 213 Å². The topological polar surface area (TPSA) is 59.1 Å². The molecule has 1 amide bonds. The third-order valence-corrected chi connectivity index (χ3v) is 6.37.